The summed E-state index contributed by atoms with van der Waals surface area (Å²) in [5, 5.41) is 9.41. The molecule has 0 heterocycles. The van der Waals surface area contributed by atoms with E-state index in [1.165, 1.54) is 18.2 Å². The molecule has 146 valence electrons. The van der Waals surface area contributed by atoms with Gasteiger partial charge in [-0.15, -0.1) is 0 Å². The van der Waals surface area contributed by atoms with Crippen LogP contribution in [0.1, 0.15) is 11.1 Å². The number of hydrogen-bond acceptors (Lipinski definition) is 4. The van der Waals surface area contributed by atoms with Crippen LogP contribution >= 0.6 is 0 Å². The third-order valence-electron chi connectivity index (χ3n) is 3.94. The number of halogens is 1. The van der Waals surface area contributed by atoms with Crippen molar-refractivity contribution in [3.05, 3.63) is 101 Å². The topological polar surface area (TPSA) is 79.2 Å². The van der Waals surface area contributed by atoms with Gasteiger partial charge in [0, 0.05) is 11.3 Å². The van der Waals surface area contributed by atoms with Gasteiger partial charge < -0.3 is 4.74 Å². The molecular weight excluding hydrogens is 391 g/mol. The van der Waals surface area contributed by atoms with Gasteiger partial charge in [0.05, 0.1) is 0 Å². The second-order valence-corrected chi connectivity index (χ2v) is 7.70. The minimum atomic E-state index is -4.15. The molecule has 3 aromatic carbocycles. The summed E-state index contributed by atoms with van der Waals surface area (Å²) in [6.07, 6.45) is 1.24. The van der Waals surface area contributed by atoms with Crippen LogP contribution in [0.15, 0.2) is 83.8 Å². The Balaban J connectivity index is 1.85. The summed E-state index contributed by atoms with van der Waals surface area (Å²) in [5.41, 5.74) is 1.56. The van der Waals surface area contributed by atoms with Crippen molar-refractivity contribution in [1.29, 1.82) is 5.26 Å². The first-order valence-electron chi connectivity index (χ1n) is 8.64. The van der Waals surface area contributed by atoms with E-state index in [-0.39, 0.29) is 5.69 Å². The molecule has 5 nitrogen and oxygen atoms in total. The van der Waals surface area contributed by atoms with E-state index in [0.717, 1.165) is 17.7 Å². The van der Waals surface area contributed by atoms with Crippen LogP contribution in [0.5, 0.6) is 5.75 Å². The Morgan fingerprint density at radius 2 is 1.66 bits per heavy atom. The van der Waals surface area contributed by atoms with E-state index in [1.54, 1.807) is 30.3 Å². The number of nitrogens with zero attached hydrogens (tertiary/aromatic N) is 1. The predicted octanol–water partition coefficient (Wildman–Crippen LogP) is 4.71. The first-order valence-corrected chi connectivity index (χ1v) is 10.1. The first-order chi connectivity index (χ1) is 14.0. The number of benzene rings is 3. The number of nitriles is 1. The summed E-state index contributed by atoms with van der Waals surface area (Å²) in [7, 11) is -4.15. The van der Waals surface area contributed by atoms with Crippen molar-refractivity contribution in [2.75, 3.05) is 4.72 Å². The Labute approximate surface area is 168 Å². The van der Waals surface area contributed by atoms with Crippen LogP contribution in [0.4, 0.5) is 10.1 Å². The highest BCUT2D eigenvalue weighted by Gasteiger charge is 2.18. The molecule has 0 fully saturated rings. The Hall–Kier alpha value is -3.63. The molecule has 0 aliphatic heterocycles. The number of anilines is 1. The fourth-order valence-electron chi connectivity index (χ4n) is 2.51. The molecule has 7 heteroatoms. The van der Waals surface area contributed by atoms with Gasteiger partial charge in [0.2, 0.25) is 0 Å². The average Bonchev–Trinajstić information content (AvgIpc) is 2.73. The molecule has 0 unspecified atom stereocenters. The SMILES string of the molecule is N#C/C(=C\c1ccccc1OCc1ccccc1)S(=O)(=O)Nc1ccc(F)cc1. The first kappa shape index (κ1) is 20.1. The van der Waals surface area contributed by atoms with E-state index in [2.05, 4.69) is 4.72 Å². The molecule has 0 aliphatic rings. The van der Waals surface area contributed by atoms with Gasteiger partial charge in [-0.1, -0.05) is 48.5 Å². The van der Waals surface area contributed by atoms with Gasteiger partial charge in [0.1, 0.15) is 24.2 Å². The largest absolute Gasteiger partial charge is 0.488 e. The third-order valence-corrected chi connectivity index (χ3v) is 5.23. The van der Waals surface area contributed by atoms with Gasteiger partial charge >= 0.3 is 0 Å². The van der Waals surface area contributed by atoms with Gasteiger partial charge in [-0.05, 0) is 42.0 Å². The molecule has 0 saturated heterocycles. The van der Waals surface area contributed by atoms with E-state index >= 15 is 0 Å². The van der Waals surface area contributed by atoms with Crippen LogP contribution in [0.25, 0.3) is 6.08 Å². The molecule has 0 bridgehead atoms. The maximum atomic E-state index is 13.0. The van der Waals surface area contributed by atoms with Crippen LogP contribution in [0, 0.1) is 17.1 Å². The number of ether oxygens (including phenoxy) is 1. The Morgan fingerprint density at radius 3 is 2.34 bits per heavy atom. The van der Waals surface area contributed by atoms with Gasteiger partial charge in [-0.2, -0.15) is 5.26 Å². The van der Waals surface area contributed by atoms with E-state index < -0.39 is 20.7 Å². The fraction of sp³-hybridized carbons (Fsp3) is 0.0455. The lowest BCUT2D eigenvalue weighted by molar-refractivity contribution is 0.305. The molecule has 0 aromatic heterocycles. The van der Waals surface area contributed by atoms with Crippen LogP contribution < -0.4 is 9.46 Å². The highest BCUT2D eigenvalue weighted by molar-refractivity contribution is 7.96. The molecule has 0 radical (unpaired) electrons. The van der Waals surface area contributed by atoms with Crippen molar-refractivity contribution >= 4 is 21.8 Å². The lowest BCUT2D eigenvalue weighted by Crippen LogP contribution is -2.14. The minimum absolute atomic E-state index is 0.154. The van der Waals surface area contributed by atoms with Crippen molar-refractivity contribution in [2.45, 2.75) is 6.61 Å². The third kappa shape index (κ3) is 5.43. The van der Waals surface area contributed by atoms with Gasteiger partial charge in [-0.25, -0.2) is 12.8 Å². The lowest BCUT2D eigenvalue weighted by atomic mass is 10.2. The van der Waals surface area contributed by atoms with Crippen molar-refractivity contribution in [1.82, 2.24) is 0 Å². The van der Waals surface area contributed by atoms with E-state index in [4.69, 9.17) is 4.74 Å². The molecule has 3 rings (SSSR count). The second-order valence-electron chi connectivity index (χ2n) is 6.04. The van der Waals surface area contributed by atoms with Gasteiger partial charge in [-0.3, -0.25) is 4.72 Å². The highest BCUT2D eigenvalue weighted by Crippen LogP contribution is 2.24. The Bertz CT molecular complexity index is 1150. The zero-order valence-corrected chi connectivity index (χ0v) is 16.1. The number of sulfonamides is 1. The second kappa shape index (κ2) is 9.04. The lowest BCUT2D eigenvalue weighted by Gasteiger charge is -2.10. The van der Waals surface area contributed by atoms with Crippen molar-refractivity contribution < 1.29 is 17.5 Å². The Morgan fingerprint density at radius 1 is 1.00 bits per heavy atom. The maximum absolute atomic E-state index is 13.0. The summed E-state index contributed by atoms with van der Waals surface area (Å²) in [6.45, 7) is 0.300. The summed E-state index contributed by atoms with van der Waals surface area (Å²) in [6, 6.07) is 22.9. The van der Waals surface area contributed by atoms with Crippen LogP contribution in [0.2, 0.25) is 0 Å². The molecule has 29 heavy (non-hydrogen) atoms. The maximum Gasteiger partial charge on any atom is 0.272 e. The summed E-state index contributed by atoms with van der Waals surface area (Å²) >= 11 is 0. The molecular formula is C22H17FN2O3S. The van der Waals surface area contributed by atoms with Gasteiger partial charge in [0.15, 0.2) is 4.91 Å². The number of allylic oxidation sites excluding steroid dienone is 1. The molecule has 0 aliphatic carbocycles. The number of rotatable bonds is 7. The highest BCUT2D eigenvalue weighted by atomic mass is 32.2. The molecule has 0 amide bonds. The minimum Gasteiger partial charge on any atom is -0.488 e. The number of para-hydroxylation sites is 1. The quantitative estimate of drug-likeness (QED) is 0.574. The monoisotopic (exact) mass is 408 g/mol. The van der Waals surface area contributed by atoms with Crippen LogP contribution in [0.3, 0.4) is 0 Å². The molecule has 0 saturated carbocycles. The normalized spacial score (nSPS) is 11.5. The molecule has 1 N–H and O–H groups in total. The predicted molar refractivity (Wildman–Crippen MR) is 110 cm³/mol. The van der Waals surface area contributed by atoms with E-state index in [1.807, 2.05) is 30.3 Å². The van der Waals surface area contributed by atoms with Crippen LogP contribution in [-0.2, 0) is 16.6 Å². The van der Waals surface area contributed by atoms with Crippen LogP contribution in [-0.4, -0.2) is 8.42 Å². The van der Waals surface area contributed by atoms with Gasteiger partial charge in [0.25, 0.3) is 10.0 Å². The van der Waals surface area contributed by atoms with Crippen molar-refractivity contribution in [2.24, 2.45) is 0 Å². The van der Waals surface area contributed by atoms with Crippen molar-refractivity contribution in [3.63, 3.8) is 0 Å². The average molecular weight is 408 g/mol. The zero-order chi connectivity index (χ0) is 20.7. The molecule has 0 atom stereocenters. The summed E-state index contributed by atoms with van der Waals surface area (Å²) in [4.78, 5) is -0.488. The summed E-state index contributed by atoms with van der Waals surface area (Å²) in [5.74, 6) is -0.0467. The number of hydrogen-bond donors (Lipinski definition) is 1. The standard InChI is InChI=1S/C22H17FN2O3S/c23-19-10-12-20(13-11-19)25-29(26,27)21(15-24)14-18-8-4-5-9-22(18)28-16-17-6-2-1-3-7-17/h1-14,25H,16H2/b21-14+. The summed E-state index contributed by atoms with van der Waals surface area (Å²) < 4.78 is 46.2. The van der Waals surface area contributed by atoms with Crippen molar-refractivity contribution in [3.8, 4) is 11.8 Å². The number of nitrogens with one attached hydrogen (secondary N) is 1. The fourth-order valence-corrected chi connectivity index (χ4v) is 3.46. The molecule has 3 aromatic rings. The zero-order valence-electron chi connectivity index (χ0n) is 15.2. The van der Waals surface area contributed by atoms with E-state index in [0.29, 0.717) is 17.9 Å². The smallest absolute Gasteiger partial charge is 0.272 e. The molecule has 0 spiro atoms. The van der Waals surface area contributed by atoms with E-state index in [9.17, 15) is 18.1 Å². The Kier molecular flexibility index (Phi) is 6.27.